The van der Waals surface area contributed by atoms with Crippen LogP contribution in [-0.2, 0) is 6.42 Å². The van der Waals surface area contributed by atoms with Crippen molar-refractivity contribution in [3.63, 3.8) is 0 Å². The fourth-order valence-electron chi connectivity index (χ4n) is 2.57. The third-order valence-electron chi connectivity index (χ3n) is 4.00. The quantitative estimate of drug-likeness (QED) is 0.847. The lowest BCUT2D eigenvalue weighted by atomic mass is 9.95. The van der Waals surface area contributed by atoms with Crippen LogP contribution in [0, 0.1) is 13.8 Å². The van der Waals surface area contributed by atoms with Gasteiger partial charge in [-0.3, -0.25) is 14.9 Å². The van der Waals surface area contributed by atoms with E-state index in [1.165, 1.54) is 11.8 Å². The average molecular weight is 328 g/mol. The standard InChI is InChI=1S/C17H20N4OS/c1-4-5-15-19-17(21-20-15)23-9-12-8-14(22)13-7-6-10(2)11(3)16(13)18-12/h6-7H,4-5,8-9H2,1-3H3,(H,19,20,21). The first-order chi connectivity index (χ1) is 11.1. The number of rotatable bonds is 5. The molecule has 0 radical (unpaired) electrons. The second-order valence-electron chi connectivity index (χ2n) is 5.78. The van der Waals surface area contributed by atoms with E-state index in [0.717, 1.165) is 51.9 Å². The molecule has 0 aliphatic carbocycles. The molecule has 6 heteroatoms. The van der Waals surface area contributed by atoms with Gasteiger partial charge >= 0.3 is 0 Å². The highest BCUT2D eigenvalue weighted by molar-refractivity contribution is 7.99. The number of carbonyl (C=O) groups is 1. The number of ketones is 1. The molecule has 3 rings (SSSR count). The van der Waals surface area contributed by atoms with Gasteiger partial charge in [0.2, 0.25) is 5.16 Å². The Hall–Kier alpha value is -1.95. The Morgan fingerprint density at radius 3 is 2.91 bits per heavy atom. The van der Waals surface area contributed by atoms with Gasteiger partial charge in [0.1, 0.15) is 5.82 Å². The number of fused-ring (bicyclic) bond motifs is 1. The van der Waals surface area contributed by atoms with E-state index < -0.39 is 0 Å². The number of nitrogens with zero attached hydrogens (tertiary/aromatic N) is 3. The lowest BCUT2D eigenvalue weighted by molar-refractivity contribution is 0.0999. The smallest absolute Gasteiger partial charge is 0.208 e. The second-order valence-corrected chi connectivity index (χ2v) is 6.73. The maximum Gasteiger partial charge on any atom is 0.208 e. The normalized spacial score (nSPS) is 13.9. The number of aromatic nitrogens is 3. The van der Waals surface area contributed by atoms with Gasteiger partial charge in [-0.25, -0.2) is 4.98 Å². The van der Waals surface area contributed by atoms with Crippen LogP contribution in [0.4, 0.5) is 5.69 Å². The molecule has 1 aromatic heterocycles. The van der Waals surface area contributed by atoms with Crippen molar-refractivity contribution in [1.82, 2.24) is 15.2 Å². The zero-order chi connectivity index (χ0) is 16.4. The van der Waals surface area contributed by atoms with E-state index in [-0.39, 0.29) is 5.78 Å². The molecule has 23 heavy (non-hydrogen) atoms. The van der Waals surface area contributed by atoms with Crippen molar-refractivity contribution in [3.05, 3.63) is 34.6 Å². The number of nitrogens with one attached hydrogen (secondary N) is 1. The largest absolute Gasteiger partial charge is 0.294 e. The third-order valence-corrected chi connectivity index (χ3v) is 4.92. The molecule has 0 saturated carbocycles. The molecule has 5 nitrogen and oxygen atoms in total. The summed E-state index contributed by atoms with van der Waals surface area (Å²) in [5.74, 6) is 1.70. The van der Waals surface area contributed by atoms with Gasteiger partial charge in [-0.2, -0.15) is 0 Å². The molecule has 0 spiro atoms. The summed E-state index contributed by atoms with van der Waals surface area (Å²) >= 11 is 1.52. The maximum atomic E-state index is 12.3. The van der Waals surface area contributed by atoms with Crippen molar-refractivity contribution in [2.24, 2.45) is 4.99 Å². The number of aliphatic imine (C=N–C) groups is 1. The number of thioether (sulfide) groups is 1. The molecular formula is C17H20N4OS. The molecule has 0 amide bonds. The molecule has 2 aromatic rings. The molecule has 2 heterocycles. The molecule has 0 fully saturated rings. The van der Waals surface area contributed by atoms with E-state index in [4.69, 9.17) is 4.99 Å². The predicted octanol–water partition coefficient (Wildman–Crippen LogP) is 3.83. The monoisotopic (exact) mass is 328 g/mol. The highest BCUT2D eigenvalue weighted by Gasteiger charge is 2.22. The molecule has 1 aromatic carbocycles. The molecule has 120 valence electrons. The number of H-pyrrole nitrogens is 1. The second kappa shape index (κ2) is 6.66. The third kappa shape index (κ3) is 3.37. The van der Waals surface area contributed by atoms with Crippen LogP contribution in [-0.4, -0.2) is 32.4 Å². The number of benzene rings is 1. The molecule has 1 aliphatic rings. The van der Waals surface area contributed by atoms with E-state index >= 15 is 0 Å². The molecule has 1 aliphatic heterocycles. The van der Waals surface area contributed by atoms with E-state index in [0.29, 0.717) is 12.2 Å². The molecule has 1 N–H and O–H groups in total. The van der Waals surface area contributed by atoms with Crippen molar-refractivity contribution in [3.8, 4) is 0 Å². The van der Waals surface area contributed by atoms with Gasteiger partial charge < -0.3 is 0 Å². The summed E-state index contributed by atoms with van der Waals surface area (Å²) in [5.41, 5.74) is 4.71. The molecule has 0 atom stereocenters. The molecule has 0 unspecified atom stereocenters. The Morgan fingerprint density at radius 2 is 2.13 bits per heavy atom. The summed E-state index contributed by atoms with van der Waals surface area (Å²) in [6.45, 7) is 6.17. The number of hydrogen-bond acceptors (Lipinski definition) is 5. The minimum Gasteiger partial charge on any atom is -0.294 e. The van der Waals surface area contributed by atoms with Gasteiger partial charge in [0.25, 0.3) is 0 Å². The van der Waals surface area contributed by atoms with Crippen molar-refractivity contribution >= 4 is 28.9 Å². The fourth-order valence-corrected chi connectivity index (χ4v) is 3.32. The van der Waals surface area contributed by atoms with Crippen LogP contribution in [0.2, 0.25) is 0 Å². The van der Waals surface area contributed by atoms with Gasteiger partial charge in [-0.15, -0.1) is 5.10 Å². The van der Waals surface area contributed by atoms with Crippen LogP contribution in [0.5, 0.6) is 0 Å². The summed E-state index contributed by atoms with van der Waals surface area (Å²) < 4.78 is 0. The summed E-state index contributed by atoms with van der Waals surface area (Å²) in [6, 6.07) is 3.88. The Morgan fingerprint density at radius 1 is 1.30 bits per heavy atom. The Labute approximate surface area is 140 Å². The van der Waals surface area contributed by atoms with E-state index in [2.05, 4.69) is 22.1 Å². The highest BCUT2D eigenvalue weighted by Crippen LogP contribution is 2.32. The van der Waals surface area contributed by atoms with Crippen molar-refractivity contribution in [2.45, 2.75) is 45.2 Å². The summed E-state index contributed by atoms with van der Waals surface area (Å²) in [7, 11) is 0. The van der Waals surface area contributed by atoms with Crippen LogP contribution in [0.1, 0.15) is 47.1 Å². The van der Waals surface area contributed by atoms with Crippen LogP contribution < -0.4 is 0 Å². The zero-order valence-corrected chi connectivity index (χ0v) is 14.5. The number of hydrogen-bond donors (Lipinski definition) is 1. The van der Waals surface area contributed by atoms with Crippen molar-refractivity contribution < 1.29 is 4.79 Å². The Balaban J connectivity index is 1.76. The molecular weight excluding hydrogens is 308 g/mol. The van der Waals surface area contributed by atoms with Gasteiger partial charge in [-0.1, -0.05) is 24.8 Å². The predicted molar refractivity (Wildman–Crippen MR) is 93.1 cm³/mol. The van der Waals surface area contributed by atoms with E-state index in [9.17, 15) is 4.79 Å². The first-order valence-electron chi connectivity index (χ1n) is 7.82. The van der Waals surface area contributed by atoms with Gasteiger partial charge in [-0.05, 0) is 37.5 Å². The first-order valence-corrected chi connectivity index (χ1v) is 8.81. The fraction of sp³-hybridized carbons (Fsp3) is 0.412. The number of aromatic amines is 1. The van der Waals surface area contributed by atoms with Crippen molar-refractivity contribution in [2.75, 3.05) is 5.75 Å². The zero-order valence-electron chi connectivity index (χ0n) is 13.6. The van der Waals surface area contributed by atoms with Gasteiger partial charge in [0, 0.05) is 23.4 Å². The minimum atomic E-state index is 0.148. The van der Waals surface area contributed by atoms with Gasteiger partial charge in [0.05, 0.1) is 12.1 Å². The Kier molecular flexibility index (Phi) is 4.61. The van der Waals surface area contributed by atoms with Crippen molar-refractivity contribution in [1.29, 1.82) is 0 Å². The summed E-state index contributed by atoms with van der Waals surface area (Å²) in [5, 5.41) is 7.87. The minimum absolute atomic E-state index is 0.148. The topological polar surface area (TPSA) is 71.0 Å². The maximum absolute atomic E-state index is 12.3. The first kappa shape index (κ1) is 15.9. The van der Waals surface area contributed by atoms with Gasteiger partial charge in [0.15, 0.2) is 5.78 Å². The average Bonchev–Trinajstić information content (AvgIpc) is 2.97. The number of aryl methyl sites for hydroxylation is 2. The lowest BCUT2D eigenvalue weighted by Crippen LogP contribution is -2.16. The van der Waals surface area contributed by atoms with E-state index in [1.807, 2.05) is 26.0 Å². The summed E-state index contributed by atoms with van der Waals surface area (Å²) in [6.07, 6.45) is 2.32. The van der Waals surface area contributed by atoms with Crippen LogP contribution in [0.25, 0.3) is 0 Å². The van der Waals surface area contributed by atoms with E-state index in [1.54, 1.807) is 0 Å². The highest BCUT2D eigenvalue weighted by atomic mass is 32.2. The SMILES string of the molecule is CCCc1nc(SCC2=Nc3c(ccc(C)c3C)C(=O)C2)n[nH]1. The van der Waals surface area contributed by atoms with Crippen LogP contribution >= 0.6 is 11.8 Å². The van der Waals surface area contributed by atoms with Crippen LogP contribution in [0.15, 0.2) is 22.3 Å². The Bertz CT molecular complexity index is 779. The number of carbonyl (C=O) groups excluding carboxylic acids is 1. The molecule has 0 bridgehead atoms. The lowest BCUT2D eigenvalue weighted by Gasteiger charge is -2.17. The molecule has 0 saturated heterocycles. The number of Topliss-reactive ketones (excluding diaryl/α,β-unsaturated/α-hetero) is 1. The summed E-state index contributed by atoms with van der Waals surface area (Å²) in [4.78, 5) is 21.5. The van der Waals surface area contributed by atoms with Crippen LogP contribution in [0.3, 0.4) is 0 Å².